The van der Waals surface area contributed by atoms with Gasteiger partial charge in [-0.2, -0.15) is 0 Å². The van der Waals surface area contributed by atoms with Gasteiger partial charge in [0.25, 0.3) is 0 Å². The van der Waals surface area contributed by atoms with E-state index in [-0.39, 0.29) is 5.82 Å². The molecule has 2 heterocycles. The van der Waals surface area contributed by atoms with E-state index in [2.05, 4.69) is 9.88 Å². The van der Waals surface area contributed by atoms with Crippen molar-refractivity contribution in [2.24, 2.45) is 0 Å². The van der Waals surface area contributed by atoms with Crippen LogP contribution in [-0.4, -0.2) is 51.8 Å². The Labute approximate surface area is 99.8 Å². The molecule has 0 aliphatic carbocycles. The van der Waals surface area contributed by atoms with E-state index < -0.39 is 5.97 Å². The van der Waals surface area contributed by atoms with Gasteiger partial charge in [-0.25, -0.2) is 9.78 Å². The lowest BCUT2D eigenvalue weighted by Crippen LogP contribution is -2.35. The van der Waals surface area contributed by atoms with Gasteiger partial charge >= 0.3 is 5.97 Å². The van der Waals surface area contributed by atoms with Crippen LogP contribution in [0.5, 0.6) is 0 Å². The van der Waals surface area contributed by atoms with E-state index in [1.807, 2.05) is 13.1 Å². The monoisotopic (exact) mass is 239 g/mol. The third kappa shape index (κ3) is 2.83. The molecular weight excluding hydrogens is 222 g/mol. The van der Waals surface area contributed by atoms with Crippen LogP contribution in [0.1, 0.15) is 23.2 Å². The second-order valence-corrected chi connectivity index (χ2v) is 4.04. The summed E-state index contributed by atoms with van der Waals surface area (Å²) in [6.45, 7) is 6.45. The van der Waals surface area contributed by atoms with Gasteiger partial charge in [0.2, 0.25) is 5.82 Å². The fourth-order valence-corrected chi connectivity index (χ4v) is 1.95. The van der Waals surface area contributed by atoms with Gasteiger partial charge in [-0.3, -0.25) is 4.90 Å². The maximum absolute atomic E-state index is 11.0. The highest BCUT2D eigenvalue weighted by atomic mass is 16.5. The van der Waals surface area contributed by atoms with E-state index in [1.165, 1.54) is 0 Å². The van der Waals surface area contributed by atoms with Crippen LogP contribution in [0.2, 0.25) is 0 Å². The predicted octanol–water partition coefficient (Wildman–Crippen LogP) is 0.433. The van der Waals surface area contributed by atoms with Crippen molar-refractivity contribution in [1.29, 1.82) is 0 Å². The minimum atomic E-state index is -0.972. The second kappa shape index (κ2) is 5.29. The summed E-state index contributed by atoms with van der Waals surface area (Å²) in [7, 11) is 0. The lowest BCUT2D eigenvalue weighted by molar-refractivity contribution is 0.0336. The molecule has 94 valence electrons. The third-order valence-electron chi connectivity index (χ3n) is 2.85. The van der Waals surface area contributed by atoms with Crippen molar-refractivity contribution in [3.8, 4) is 0 Å². The molecule has 1 fully saturated rings. The Morgan fingerprint density at radius 2 is 2.24 bits per heavy atom. The van der Waals surface area contributed by atoms with Crippen LogP contribution in [-0.2, 0) is 17.8 Å². The van der Waals surface area contributed by atoms with Crippen molar-refractivity contribution in [3.63, 3.8) is 0 Å². The smallest absolute Gasteiger partial charge is 0.372 e. The molecule has 1 aromatic heterocycles. The number of carboxylic acids is 1. The lowest BCUT2D eigenvalue weighted by atomic mass is 10.3. The summed E-state index contributed by atoms with van der Waals surface area (Å²) in [5.74, 6) is -0.851. The van der Waals surface area contributed by atoms with Crippen LogP contribution in [0.15, 0.2) is 6.20 Å². The number of carbonyl (C=O) groups is 1. The summed E-state index contributed by atoms with van der Waals surface area (Å²) in [5.41, 5.74) is 0.811. The zero-order valence-electron chi connectivity index (χ0n) is 9.93. The first kappa shape index (κ1) is 12.1. The maximum Gasteiger partial charge on any atom is 0.372 e. The van der Waals surface area contributed by atoms with Gasteiger partial charge in [0.1, 0.15) is 0 Å². The average molecular weight is 239 g/mol. The number of rotatable bonds is 4. The molecule has 1 aliphatic rings. The molecule has 17 heavy (non-hydrogen) atoms. The summed E-state index contributed by atoms with van der Waals surface area (Å²) in [5, 5.41) is 9.00. The van der Waals surface area contributed by atoms with Crippen molar-refractivity contribution in [2.75, 3.05) is 26.3 Å². The largest absolute Gasteiger partial charge is 0.475 e. The summed E-state index contributed by atoms with van der Waals surface area (Å²) in [6.07, 6.45) is 1.82. The number of hydrogen-bond acceptors (Lipinski definition) is 4. The number of nitrogens with zero attached hydrogens (tertiary/aromatic N) is 3. The van der Waals surface area contributed by atoms with Crippen molar-refractivity contribution in [3.05, 3.63) is 17.7 Å². The topological polar surface area (TPSA) is 67.6 Å². The van der Waals surface area contributed by atoms with Gasteiger partial charge in [-0.15, -0.1) is 0 Å². The van der Waals surface area contributed by atoms with Gasteiger partial charge in [0.05, 0.1) is 18.9 Å². The average Bonchev–Trinajstić information content (AvgIpc) is 2.73. The van der Waals surface area contributed by atoms with Crippen LogP contribution in [0.25, 0.3) is 0 Å². The molecule has 1 saturated heterocycles. The van der Waals surface area contributed by atoms with Crippen LogP contribution in [0.3, 0.4) is 0 Å². The van der Waals surface area contributed by atoms with Gasteiger partial charge < -0.3 is 14.4 Å². The maximum atomic E-state index is 11.0. The summed E-state index contributed by atoms with van der Waals surface area (Å²) in [6, 6.07) is 0. The molecule has 1 N–H and O–H groups in total. The third-order valence-corrected chi connectivity index (χ3v) is 2.85. The highest BCUT2D eigenvalue weighted by Crippen LogP contribution is 2.08. The number of ether oxygens (including phenoxy) is 1. The quantitative estimate of drug-likeness (QED) is 0.825. The van der Waals surface area contributed by atoms with E-state index in [0.717, 1.165) is 32.0 Å². The summed E-state index contributed by atoms with van der Waals surface area (Å²) < 4.78 is 6.93. The first-order valence-electron chi connectivity index (χ1n) is 5.80. The van der Waals surface area contributed by atoms with Crippen molar-refractivity contribution in [1.82, 2.24) is 14.5 Å². The Morgan fingerprint density at radius 3 is 2.76 bits per heavy atom. The van der Waals surface area contributed by atoms with Crippen LogP contribution >= 0.6 is 0 Å². The van der Waals surface area contributed by atoms with Crippen LogP contribution in [0.4, 0.5) is 0 Å². The Kier molecular flexibility index (Phi) is 3.75. The number of carboxylic acid groups (broad SMARTS) is 1. The summed E-state index contributed by atoms with van der Waals surface area (Å²) >= 11 is 0. The number of aromatic carboxylic acids is 1. The molecule has 6 nitrogen and oxygen atoms in total. The molecule has 2 rings (SSSR count). The van der Waals surface area contributed by atoms with Gasteiger partial charge in [-0.1, -0.05) is 0 Å². The molecule has 0 saturated carbocycles. The molecule has 0 unspecified atom stereocenters. The van der Waals surface area contributed by atoms with Crippen LogP contribution < -0.4 is 0 Å². The SMILES string of the molecule is CCn1cc(CN2CCOCC2)nc1C(=O)O. The zero-order valence-corrected chi connectivity index (χ0v) is 9.93. The van der Waals surface area contributed by atoms with Crippen molar-refractivity contribution >= 4 is 5.97 Å². The zero-order chi connectivity index (χ0) is 12.3. The first-order valence-corrected chi connectivity index (χ1v) is 5.80. The van der Waals surface area contributed by atoms with Crippen LogP contribution in [0, 0.1) is 0 Å². The van der Waals surface area contributed by atoms with Gasteiger partial charge in [0.15, 0.2) is 0 Å². The second-order valence-electron chi connectivity index (χ2n) is 4.04. The highest BCUT2D eigenvalue weighted by molar-refractivity contribution is 5.83. The Hall–Kier alpha value is -1.40. The molecule has 0 atom stereocenters. The van der Waals surface area contributed by atoms with E-state index >= 15 is 0 Å². The van der Waals surface area contributed by atoms with E-state index in [9.17, 15) is 4.79 Å². The van der Waals surface area contributed by atoms with Crippen molar-refractivity contribution < 1.29 is 14.6 Å². The van der Waals surface area contributed by atoms with Gasteiger partial charge in [0, 0.05) is 32.4 Å². The molecule has 0 aromatic carbocycles. The molecule has 0 bridgehead atoms. The van der Waals surface area contributed by atoms with E-state index in [0.29, 0.717) is 13.1 Å². The van der Waals surface area contributed by atoms with Gasteiger partial charge in [-0.05, 0) is 6.92 Å². The molecule has 0 amide bonds. The molecule has 0 radical (unpaired) electrons. The number of morpholine rings is 1. The normalized spacial score (nSPS) is 17.2. The predicted molar refractivity (Wildman–Crippen MR) is 61.0 cm³/mol. The van der Waals surface area contributed by atoms with Crippen molar-refractivity contribution in [2.45, 2.75) is 20.0 Å². The number of imidazole rings is 1. The molecular formula is C11H17N3O3. The standard InChI is InChI=1S/C11H17N3O3/c1-2-14-8-9(12-10(14)11(15)16)7-13-3-5-17-6-4-13/h8H,2-7H2,1H3,(H,15,16). The number of aryl methyl sites for hydroxylation is 1. The van der Waals surface area contributed by atoms with E-state index in [4.69, 9.17) is 9.84 Å². The molecule has 0 spiro atoms. The number of hydrogen-bond donors (Lipinski definition) is 1. The van der Waals surface area contributed by atoms with E-state index in [1.54, 1.807) is 4.57 Å². The summed E-state index contributed by atoms with van der Waals surface area (Å²) in [4.78, 5) is 17.3. The first-order chi connectivity index (χ1) is 8.20. The Bertz CT molecular complexity index is 397. The fraction of sp³-hybridized carbons (Fsp3) is 0.636. The minimum Gasteiger partial charge on any atom is -0.475 e. The minimum absolute atomic E-state index is 0.121. The lowest BCUT2D eigenvalue weighted by Gasteiger charge is -2.25. The highest BCUT2D eigenvalue weighted by Gasteiger charge is 2.16. The molecule has 6 heteroatoms. The molecule has 1 aromatic rings. The Morgan fingerprint density at radius 1 is 1.53 bits per heavy atom. The molecule has 1 aliphatic heterocycles. The number of aromatic nitrogens is 2. The Balaban J connectivity index is 2.07. The fourth-order valence-electron chi connectivity index (χ4n) is 1.95.